The van der Waals surface area contributed by atoms with Gasteiger partial charge in [0.15, 0.2) is 0 Å². The van der Waals surface area contributed by atoms with Crippen LogP contribution < -0.4 is 10.5 Å². The number of nitrogens with two attached hydrogens (primary N) is 1. The molecule has 0 aliphatic heterocycles. The van der Waals surface area contributed by atoms with Crippen molar-refractivity contribution in [1.29, 1.82) is 0 Å². The Kier molecular flexibility index (Phi) is 3.82. The van der Waals surface area contributed by atoms with E-state index in [1.165, 1.54) is 0 Å². The van der Waals surface area contributed by atoms with E-state index in [1.54, 1.807) is 31.5 Å². The number of benzene rings is 1. The molecule has 100 valence electrons. The summed E-state index contributed by atoms with van der Waals surface area (Å²) < 4.78 is 22.8. The zero-order chi connectivity index (χ0) is 13.9. The van der Waals surface area contributed by atoms with Gasteiger partial charge in [0.05, 0.1) is 4.90 Å². The molecule has 0 spiro atoms. The smallest absolute Gasteiger partial charge is 0.238 e. The molecule has 0 fully saturated rings. The number of primary sulfonamides is 1. The van der Waals surface area contributed by atoms with E-state index >= 15 is 0 Å². The number of hydrogen-bond donors (Lipinski definition) is 2. The second-order valence-electron chi connectivity index (χ2n) is 4.24. The quantitative estimate of drug-likeness (QED) is 0.889. The number of hydrogen-bond acceptors (Lipinski definition) is 4. The minimum absolute atomic E-state index is 0.142. The molecule has 2 rings (SSSR count). The topological polar surface area (TPSA) is 85.1 Å². The normalized spacial score (nSPS) is 11.3. The van der Waals surface area contributed by atoms with Gasteiger partial charge >= 0.3 is 0 Å². The van der Waals surface area contributed by atoms with Gasteiger partial charge < -0.3 is 5.32 Å². The molecule has 0 bridgehead atoms. The highest BCUT2D eigenvalue weighted by Crippen LogP contribution is 2.19. The molecule has 1 heterocycles. The predicted molar refractivity (Wildman–Crippen MR) is 74.1 cm³/mol. The Balaban J connectivity index is 2.18. The van der Waals surface area contributed by atoms with Crippen molar-refractivity contribution in [1.82, 2.24) is 4.98 Å². The van der Waals surface area contributed by atoms with Gasteiger partial charge in [-0.3, -0.25) is 4.98 Å². The van der Waals surface area contributed by atoms with Crippen molar-refractivity contribution in [2.24, 2.45) is 5.14 Å². The lowest BCUT2D eigenvalue weighted by Gasteiger charge is -2.09. The zero-order valence-corrected chi connectivity index (χ0v) is 11.3. The van der Waals surface area contributed by atoms with Gasteiger partial charge in [-0.2, -0.15) is 0 Å². The van der Waals surface area contributed by atoms with Crippen molar-refractivity contribution in [2.45, 2.75) is 18.4 Å². The van der Waals surface area contributed by atoms with E-state index in [2.05, 4.69) is 10.3 Å². The lowest BCUT2D eigenvalue weighted by molar-refractivity contribution is 0.597. The maximum Gasteiger partial charge on any atom is 0.238 e. The molecule has 0 aliphatic rings. The van der Waals surface area contributed by atoms with Crippen LogP contribution >= 0.6 is 0 Å². The van der Waals surface area contributed by atoms with E-state index in [9.17, 15) is 8.42 Å². The van der Waals surface area contributed by atoms with Crippen LogP contribution in [0.3, 0.4) is 0 Å². The van der Waals surface area contributed by atoms with E-state index < -0.39 is 10.0 Å². The average molecular weight is 277 g/mol. The maximum absolute atomic E-state index is 11.4. The summed E-state index contributed by atoms with van der Waals surface area (Å²) in [7, 11) is -3.69. The van der Waals surface area contributed by atoms with Crippen LogP contribution in [0.25, 0.3) is 0 Å². The van der Waals surface area contributed by atoms with Crippen molar-refractivity contribution in [3.63, 3.8) is 0 Å². The molecule has 0 radical (unpaired) electrons. The Labute approximate surface area is 112 Å². The first-order valence-electron chi connectivity index (χ1n) is 5.73. The summed E-state index contributed by atoms with van der Waals surface area (Å²) in [5, 5.41) is 8.31. The Bertz CT molecular complexity index is 670. The van der Waals surface area contributed by atoms with Gasteiger partial charge in [-0.05, 0) is 36.2 Å². The van der Waals surface area contributed by atoms with Crippen molar-refractivity contribution < 1.29 is 8.42 Å². The lowest BCUT2D eigenvalue weighted by atomic mass is 10.2. The van der Waals surface area contributed by atoms with Crippen LogP contribution in [0.1, 0.15) is 11.1 Å². The second kappa shape index (κ2) is 5.38. The summed E-state index contributed by atoms with van der Waals surface area (Å²) in [5.74, 6) is 0. The second-order valence-corrected chi connectivity index (χ2v) is 5.77. The highest BCUT2D eigenvalue weighted by molar-refractivity contribution is 7.89. The third kappa shape index (κ3) is 3.52. The summed E-state index contributed by atoms with van der Waals surface area (Å²) in [5.41, 5.74) is 2.35. The minimum Gasteiger partial charge on any atom is -0.381 e. The van der Waals surface area contributed by atoms with Crippen LogP contribution in [0.2, 0.25) is 0 Å². The molecule has 0 amide bonds. The number of pyridine rings is 1. The van der Waals surface area contributed by atoms with Crippen LogP contribution in [-0.4, -0.2) is 13.4 Å². The van der Waals surface area contributed by atoms with Gasteiger partial charge in [-0.15, -0.1) is 0 Å². The Morgan fingerprint density at radius 2 is 2.11 bits per heavy atom. The van der Waals surface area contributed by atoms with E-state index in [4.69, 9.17) is 5.14 Å². The van der Waals surface area contributed by atoms with E-state index in [-0.39, 0.29) is 4.90 Å². The number of anilines is 1. The third-order valence-corrected chi connectivity index (χ3v) is 3.77. The van der Waals surface area contributed by atoms with Crippen LogP contribution in [-0.2, 0) is 16.6 Å². The molecule has 0 unspecified atom stereocenters. The molecular formula is C13H15N3O2S. The highest BCUT2D eigenvalue weighted by atomic mass is 32.2. The number of aromatic nitrogens is 1. The van der Waals surface area contributed by atoms with Crippen LogP contribution in [0.5, 0.6) is 0 Å². The van der Waals surface area contributed by atoms with Gasteiger partial charge in [0, 0.05) is 24.6 Å². The lowest BCUT2D eigenvalue weighted by Crippen LogP contribution is -2.14. The first kappa shape index (κ1) is 13.5. The van der Waals surface area contributed by atoms with E-state index in [0.717, 1.165) is 5.56 Å². The SMILES string of the molecule is Cc1ccc(NCc2cccnc2)cc1S(N)(=O)=O. The van der Waals surface area contributed by atoms with Crippen LogP contribution in [0.4, 0.5) is 5.69 Å². The molecule has 0 saturated heterocycles. The van der Waals surface area contributed by atoms with Crippen molar-refractivity contribution in [3.05, 3.63) is 53.9 Å². The fraction of sp³-hybridized carbons (Fsp3) is 0.154. The van der Waals surface area contributed by atoms with Crippen LogP contribution in [0.15, 0.2) is 47.6 Å². The van der Waals surface area contributed by atoms with E-state index in [1.807, 2.05) is 18.2 Å². The van der Waals surface area contributed by atoms with Crippen molar-refractivity contribution in [2.75, 3.05) is 5.32 Å². The zero-order valence-electron chi connectivity index (χ0n) is 10.5. The molecule has 3 N–H and O–H groups in total. The number of aryl methyl sites for hydroxylation is 1. The molecule has 6 heteroatoms. The van der Waals surface area contributed by atoms with Gasteiger partial charge in [-0.1, -0.05) is 12.1 Å². The molecule has 19 heavy (non-hydrogen) atoms. The van der Waals surface area contributed by atoms with Crippen LogP contribution in [0, 0.1) is 6.92 Å². The minimum atomic E-state index is -3.69. The largest absolute Gasteiger partial charge is 0.381 e. The third-order valence-electron chi connectivity index (χ3n) is 2.71. The molecular weight excluding hydrogens is 262 g/mol. The molecule has 1 aromatic heterocycles. The molecule has 1 aromatic carbocycles. The first-order chi connectivity index (χ1) is 8.97. The van der Waals surface area contributed by atoms with Crippen molar-refractivity contribution >= 4 is 15.7 Å². The summed E-state index contributed by atoms with van der Waals surface area (Å²) >= 11 is 0. The highest BCUT2D eigenvalue weighted by Gasteiger charge is 2.11. The van der Waals surface area contributed by atoms with Gasteiger partial charge in [-0.25, -0.2) is 13.6 Å². The van der Waals surface area contributed by atoms with Gasteiger partial charge in [0.25, 0.3) is 0 Å². The number of sulfonamides is 1. The number of rotatable bonds is 4. The van der Waals surface area contributed by atoms with Crippen molar-refractivity contribution in [3.8, 4) is 0 Å². The monoisotopic (exact) mass is 277 g/mol. The fourth-order valence-electron chi connectivity index (χ4n) is 1.72. The average Bonchev–Trinajstić information content (AvgIpc) is 2.37. The first-order valence-corrected chi connectivity index (χ1v) is 7.28. The molecule has 0 atom stereocenters. The summed E-state index contributed by atoms with van der Waals surface area (Å²) in [4.78, 5) is 4.15. The van der Waals surface area contributed by atoms with Gasteiger partial charge in [0.1, 0.15) is 0 Å². The molecule has 0 saturated carbocycles. The molecule has 2 aromatic rings. The standard InChI is InChI=1S/C13H15N3O2S/c1-10-4-5-12(7-13(10)19(14,17)18)16-9-11-3-2-6-15-8-11/h2-8,16H,9H2,1H3,(H2,14,17,18). The van der Waals surface area contributed by atoms with E-state index in [0.29, 0.717) is 17.8 Å². The van der Waals surface area contributed by atoms with Gasteiger partial charge in [0.2, 0.25) is 10.0 Å². The summed E-state index contributed by atoms with van der Waals surface area (Å²) in [6, 6.07) is 8.88. The summed E-state index contributed by atoms with van der Waals surface area (Å²) in [6.07, 6.45) is 3.45. The Hall–Kier alpha value is -1.92. The number of nitrogens with zero attached hydrogens (tertiary/aromatic N) is 1. The fourth-order valence-corrected chi connectivity index (χ4v) is 2.53. The molecule has 5 nitrogen and oxygen atoms in total. The maximum atomic E-state index is 11.4. The molecule has 0 aliphatic carbocycles. The Morgan fingerprint density at radius 1 is 1.32 bits per heavy atom. The predicted octanol–water partition coefficient (Wildman–Crippen LogP) is 1.65. The Morgan fingerprint density at radius 3 is 2.74 bits per heavy atom. The summed E-state index contributed by atoms with van der Waals surface area (Å²) in [6.45, 7) is 2.28. The number of nitrogens with one attached hydrogen (secondary N) is 1.